The summed E-state index contributed by atoms with van der Waals surface area (Å²) in [5.41, 5.74) is 0. The molecule has 1 amide bonds. The standard InChI is InChI=1S/C58H111NO8/c1-3-5-7-9-11-13-15-17-19-21-23-24-25-26-27-28-29-30-31-33-35-37-39-41-43-45-47-52(61)51(50-66-58-57(65)56(64)55(63)53(49-60)67-58)59-54(62)48-46-44-42-40-38-36-34-32-22-20-18-16-14-12-10-8-6-4-2/h20,22,45,47,51-53,55-58,60-61,63-65H,3-19,21,23-44,46,48-50H2,1-2H3,(H,59,62)/b22-20-,47-45+. The number of hydrogen-bond acceptors (Lipinski definition) is 8. The van der Waals surface area contributed by atoms with Gasteiger partial charge in [0.15, 0.2) is 6.29 Å². The molecule has 1 fully saturated rings. The van der Waals surface area contributed by atoms with E-state index in [4.69, 9.17) is 9.47 Å². The number of carbonyl (C=O) groups is 1. The van der Waals surface area contributed by atoms with Crippen LogP contribution >= 0.6 is 0 Å². The number of amides is 1. The van der Waals surface area contributed by atoms with E-state index in [1.54, 1.807) is 6.08 Å². The van der Waals surface area contributed by atoms with Crippen LogP contribution in [-0.4, -0.2) is 87.5 Å². The second-order valence-corrected chi connectivity index (χ2v) is 20.4. The third-order valence-corrected chi connectivity index (χ3v) is 14.0. The van der Waals surface area contributed by atoms with Crippen molar-refractivity contribution in [3.63, 3.8) is 0 Å². The minimum atomic E-state index is -1.57. The molecule has 0 aliphatic carbocycles. The minimum absolute atomic E-state index is 0.178. The van der Waals surface area contributed by atoms with Crippen LogP contribution in [0.3, 0.4) is 0 Å². The molecule has 1 rings (SSSR count). The molecule has 0 saturated carbocycles. The third kappa shape index (κ3) is 38.1. The van der Waals surface area contributed by atoms with Crippen LogP contribution < -0.4 is 5.32 Å². The van der Waals surface area contributed by atoms with Gasteiger partial charge < -0.3 is 40.3 Å². The van der Waals surface area contributed by atoms with Gasteiger partial charge >= 0.3 is 0 Å². The molecule has 67 heavy (non-hydrogen) atoms. The van der Waals surface area contributed by atoms with E-state index in [9.17, 15) is 30.3 Å². The number of unbranched alkanes of at least 4 members (excludes halogenated alkanes) is 38. The van der Waals surface area contributed by atoms with Crippen LogP contribution in [0, 0.1) is 0 Å². The fourth-order valence-electron chi connectivity index (χ4n) is 9.39. The molecule has 7 atom stereocenters. The van der Waals surface area contributed by atoms with Gasteiger partial charge in [0.2, 0.25) is 5.91 Å². The summed E-state index contributed by atoms with van der Waals surface area (Å²) in [6.07, 6.45) is 53.9. The SMILES string of the molecule is CCCCCCCCC/C=C\CCCCCCCCCC(=O)NC(COC1OC(CO)C(O)C(O)C1O)C(O)/C=C/CCCCCCCCCCCCCCCCCCCCCCCCCC. The highest BCUT2D eigenvalue weighted by atomic mass is 16.7. The molecular formula is C58H111NO8. The minimum Gasteiger partial charge on any atom is -0.394 e. The predicted molar refractivity (Wildman–Crippen MR) is 281 cm³/mol. The molecule has 9 heteroatoms. The molecule has 396 valence electrons. The van der Waals surface area contributed by atoms with Crippen LogP contribution in [0.5, 0.6) is 0 Å². The van der Waals surface area contributed by atoms with Crippen molar-refractivity contribution in [2.75, 3.05) is 13.2 Å². The number of nitrogens with one attached hydrogen (secondary N) is 1. The molecule has 7 unspecified atom stereocenters. The maximum Gasteiger partial charge on any atom is 0.220 e. The van der Waals surface area contributed by atoms with E-state index in [0.717, 1.165) is 38.5 Å². The van der Waals surface area contributed by atoms with E-state index in [-0.39, 0.29) is 12.5 Å². The zero-order valence-corrected chi connectivity index (χ0v) is 43.9. The van der Waals surface area contributed by atoms with E-state index in [0.29, 0.717) is 6.42 Å². The van der Waals surface area contributed by atoms with Crippen LogP contribution in [0.2, 0.25) is 0 Å². The van der Waals surface area contributed by atoms with Crippen molar-refractivity contribution in [2.45, 2.75) is 326 Å². The summed E-state index contributed by atoms with van der Waals surface area (Å²) in [6, 6.07) is -0.806. The molecule has 0 aromatic heterocycles. The summed E-state index contributed by atoms with van der Waals surface area (Å²) in [7, 11) is 0. The van der Waals surface area contributed by atoms with Crippen molar-refractivity contribution in [1.82, 2.24) is 5.32 Å². The molecule has 9 nitrogen and oxygen atoms in total. The van der Waals surface area contributed by atoms with Gasteiger partial charge in [-0.3, -0.25) is 4.79 Å². The topological polar surface area (TPSA) is 149 Å². The molecule has 6 N–H and O–H groups in total. The quantitative estimate of drug-likeness (QED) is 0.0261. The van der Waals surface area contributed by atoms with Crippen LogP contribution in [0.1, 0.15) is 284 Å². The normalized spacial score (nSPS) is 19.8. The predicted octanol–water partition coefficient (Wildman–Crippen LogP) is 14.2. The fourth-order valence-corrected chi connectivity index (χ4v) is 9.39. The first-order valence-electron chi connectivity index (χ1n) is 29.1. The Hall–Kier alpha value is -1.33. The Balaban J connectivity index is 2.22. The first-order chi connectivity index (χ1) is 32.8. The van der Waals surface area contributed by atoms with Gasteiger partial charge in [-0.05, 0) is 44.9 Å². The fraction of sp³-hybridized carbons (Fsp3) is 0.914. The number of carbonyl (C=O) groups excluding carboxylic acids is 1. The van der Waals surface area contributed by atoms with Crippen LogP contribution in [0.15, 0.2) is 24.3 Å². The molecule has 1 saturated heterocycles. The summed E-state index contributed by atoms with van der Waals surface area (Å²) >= 11 is 0. The number of hydrogen-bond donors (Lipinski definition) is 6. The van der Waals surface area contributed by atoms with Gasteiger partial charge in [0, 0.05) is 6.42 Å². The van der Waals surface area contributed by atoms with Crippen molar-refractivity contribution in [1.29, 1.82) is 0 Å². The Morgan fingerprint density at radius 3 is 1.21 bits per heavy atom. The van der Waals surface area contributed by atoms with Gasteiger partial charge in [-0.2, -0.15) is 0 Å². The highest BCUT2D eigenvalue weighted by Crippen LogP contribution is 2.23. The number of rotatable bonds is 50. The lowest BCUT2D eigenvalue weighted by Gasteiger charge is -2.40. The summed E-state index contributed by atoms with van der Waals surface area (Å²) in [4.78, 5) is 13.0. The highest BCUT2D eigenvalue weighted by Gasteiger charge is 2.44. The molecule has 1 heterocycles. The number of ether oxygens (including phenoxy) is 2. The van der Waals surface area contributed by atoms with Crippen molar-refractivity contribution >= 4 is 5.91 Å². The first-order valence-corrected chi connectivity index (χ1v) is 29.1. The zero-order valence-electron chi connectivity index (χ0n) is 43.9. The van der Waals surface area contributed by atoms with Crippen LogP contribution in [0.4, 0.5) is 0 Å². The van der Waals surface area contributed by atoms with Crippen molar-refractivity contribution in [2.24, 2.45) is 0 Å². The van der Waals surface area contributed by atoms with Crippen molar-refractivity contribution < 1.29 is 39.8 Å². The molecule has 0 aromatic carbocycles. The summed E-state index contributed by atoms with van der Waals surface area (Å²) in [5.74, 6) is -0.178. The number of aliphatic hydroxyl groups excluding tert-OH is 5. The maximum absolute atomic E-state index is 13.0. The summed E-state index contributed by atoms with van der Waals surface area (Å²) in [5, 5.41) is 54.5. The molecular weight excluding hydrogens is 839 g/mol. The maximum atomic E-state index is 13.0. The van der Waals surface area contributed by atoms with Gasteiger partial charge in [0.25, 0.3) is 0 Å². The van der Waals surface area contributed by atoms with Gasteiger partial charge in [0.1, 0.15) is 24.4 Å². The lowest BCUT2D eigenvalue weighted by atomic mass is 9.99. The molecule has 0 radical (unpaired) electrons. The second-order valence-electron chi connectivity index (χ2n) is 20.4. The van der Waals surface area contributed by atoms with Crippen LogP contribution in [0.25, 0.3) is 0 Å². The van der Waals surface area contributed by atoms with E-state index < -0.39 is 49.5 Å². The Bertz CT molecular complexity index is 1100. The van der Waals surface area contributed by atoms with E-state index in [1.165, 1.54) is 225 Å². The smallest absolute Gasteiger partial charge is 0.220 e. The van der Waals surface area contributed by atoms with E-state index in [1.807, 2.05) is 6.08 Å². The molecule has 1 aliphatic rings. The highest BCUT2D eigenvalue weighted by molar-refractivity contribution is 5.76. The van der Waals surface area contributed by atoms with E-state index >= 15 is 0 Å². The summed E-state index contributed by atoms with van der Waals surface area (Å²) in [6.45, 7) is 3.81. The second kappa shape index (κ2) is 48.3. The molecule has 0 bridgehead atoms. The Labute approximate surface area is 413 Å². The lowest BCUT2D eigenvalue weighted by Crippen LogP contribution is -2.60. The van der Waals surface area contributed by atoms with Crippen molar-refractivity contribution in [3.8, 4) is 0 Å². The van der Waals surface area contributed by atoms with Gasteiger partial charge in [-0.25, -0.2) is 0 Å². The van der Waals surface area contributed by atoms with E-state index in [2.05, 4.69) is 31.3 Å². The van der Waals surface area contributed by atoms with Crippen molar-refractivity contribution in [3.05, 3.63) is 24.3 Å². The van der Waals surface area contributed by atoms with Gasteiger partial charge in [-0.15, -0.1) is 0 Å². The third-order valence-electron chi connectivity index (χ3n) is 14.0. The van der Waals surface area contributed by atoms with Gasteiger partial charge in [-0.1, -0.05) is 256 Å². The zero-order chi connectivity index (χ0) is 48.7. The lowest BCUT2D eigenvalue weighted by molar-refractivity contribution is -0.302. The van der Waals surface area contributed by atoms with Crippen LogP contribution in [-0.2, 0) is 14.3 Å². The molecule has 1 aliphatic heterocycles. The number of aliphatic hydroxyl groups is 5. The molecule has 0 spiro atoms. The first kappa shape index (κ1) is 63.7. The Morgan fingerprint density at radius 2 is 0.836 bits per heavy atom. The Morgan fingerprint density at radius 1 is 0.493 bits per heavy atom. The molecule has 0 aromatic rings. The largest absolute Gasteiger partial charge is 0.394 e. The Kier molecular flexibility index (Phi) is 45.9. The van der Waals surface area contributed by atoms with Gasteiger partial charge in [0.05, 0.1) is 25.4 Å². The average Bonchev–Trinajstić information content (AvgIpc) is 3.33. The summed E-state index contributed by atoms with van der Waals surface area (Å²) < 4.78 is 11.3. The average molecular weight is 951 g/mol. The number of allylic oxidation sites excluding steroid dienone is 3. The monoisotopic (exact) mass is 950 g/mol.